The number of amides is 3. The minimum atomic E-state index is -1.42. The Kier molecular flexibility index (Phi) is 12.4. The SMILES string of the molecule is C/C=C1\NC(=O)[C@H]2CS[S+](O)CC/C=C/[C@H](CC(=O)N[C@H](C(C)C)C(=O)N2)OC(=O)[C@H](C(C)C)NC1O. The molecule has 0 spiro atoms. The summed E-state index contributed by atoms with van der Waals surface area (Å²) < 4.78 is 16.1. The molecule has 2 bridgehead atoms. The Morgan fingerprint density at radius 3 is 2.38 bits per heavy atom. The van der Waals surface area contributed by atoms with Crippen molar-refractivity contribution in [3.63, 3.8) is 0 Å². The standard InChI is InChI=1S/C24H38N4O7S2/c1-6-16-21(30)28-20(14(4)5)24(33)35-15-9-7-8-10-37(34)36-12-17(22(31)25-16)26-23(32)19(13(2)3)27-18(29)11-15/h6-7,9,13-15,17,19-21,28,30,34H,8,10-12H2,1-5H3,(H2-,25,26,27,29,31,32)/p+1/b9-7+,16-6-/t15-,17-,19-,20+,21?,37?/m1/s1. The highest BCUT2D eigenvalue weighted by Gasteiger charge is 2.35. The number of hydrogen-bond donors (Lipinski definition) is 6. The van der Waals surface area contributed by atoms with Gasteiger partial charge in [-0.15, -0.1) is 0 Å². The number of carbonyl (C=O) groups is 4. The molecule has 2 heterocycles. The minimum absolute atomic E-state index is 0.0685. The van der Waals surface area contributed by atoms with Crippen molar-refractivity contribution in [1.82, 2.24) is 21.3 Å². The second kappa shape index (κ2) is 14.8. The van der Waals surface area contributed by atoms with E-state index in [1.54, 1.807) is 46.8 Å². The van der Waals surface area contributed by atoms with Gasteiger partial charge in [0.05, 0.1) is 17.9 Å². The number of aliphatic hydroxyl groups is 1. The topological polar surface area (TPSA) is 166 Å². The molecule has 0 radical (unpaired) electrons. The summed E-state index contributed by atoms with van der Waals surface area (Å²) in [5, 5.41) is 21.6. The summed E-state index contributed by atoms with van der Waals surface area (Å²) in [5.74, 6) is -2.50. The highest BCUT2D eigenvalue weighted by Crippen LogP contribution is 2.19. The van der Waals surface area contributed by atoms with Crippen molar-refractivity contribution in [2.45, 2.75) is 77.9 Å². The van der Waals surface area contributed by atoms with Gasteiger partial charge in [-0.2, -0.15) is 4.55 Å². The third kappa shape index (κ3) is 9.64. The number of nitrogens with one attached hydrogen (secondary N) is 4. The van der Waals surface area contributed by atoms with Crippen molar-refractivity contribution >= 4 is 44.7 Å². The number of carbonyl (C=O) groups excluding carboxylic acids is 4. The van der Waals surface area contributed by atoms with Crippen LogP contribution in [-0.4, -0.2) is 75.3 Å². The van der Waals surface area contributed by atoms with Crippen LogP contribution in [0, 0.1) is 11.8 Å². The molecule has 0 saturated carbocycles. The molecule has 11 nitrogen and oxygen atoms in total. The first-order valence-corrected chi connectivity index (χ1v) is 15.2. The minimum Gasteiger partial charge on any atom is -0.456 e. The molecule has 2 aliphatic heterocycles. The number of hydrogen-bond acceptors (Lipinski definition) is 9. The monoisotopic (exact) mass is 559 g/mol. The molecule has 2 rings (SSSR count). The van der Waals surface area contributed by atoms with Gasteiger partial charge in [0.2, 0.25) is 27.9 Å². The van der Waals surface area contributed by atoms with Crippen LogP contribution in [0.5, 0.6) is 0 Å². The van der Waals surface area contributed by atoms with E-state index in [1.165, 1.54) is 6.08 Å². The summed E-state index contributed by atoms with van der Waals surface area (Å²) in [7, 11) is 0.0172. The Balaban J connectivity index is 2.58. The van der Waals surface area contributed by atoms with E-state index in [9.17, 15) is 28.8 Å². The molecule has 6 N–H and O–H groups in total. The fourth-order valence-corrected chi connectivity index (χ4v) is 6.21. The molecule has 1 saturated heterocycles. The zero-order valence-electron chi connectivity index (χ0n) is 21.9. The fourth-order valence-electron chi connectivity index (χ4n) is 3.71. The van der Waals surface area contributed by atoms with E-state index in [4.69, 9.17) is 4.74 Å². The second-order valence-corrected chi connectivity index (χ2v) is 13.1. The number of aliphatic hydroxyl groups excluding tert-OH is 1. The number of ether oxygens (including phenoxy) is 1. The molecule has 0 aromatic rings. The highest BCUT2D eigenvalue weighted by atomic mass is 33.1. The lowest BCUT2D eigenvalue weighted by Gasteiger charge is -2.29. The Hall–Kier alpha value is -2.06. The molecule has 2 unspecified atom stereocenters. The second-order valence-electron chi connectivity index (χ2n) is 9.58. The number of allylic oxidation sites excluding steroid dienone is 2. The van der Waals surface area contributed by atoms with Gasteiger partial charge in [-0.05, 0) is 24.8 Å². The van der Waals surface area contributed by atoms with E-state index in [0.29, 0.717) is 12.2 Å². The van der Waals surface area contributed by atoms with Crippen LogP contribution in [0.15, 0.2) is 23.9 Å². The molecule has 2 aliphatic rings. The van der Waals surface area contributed by atoms with Crippen LogP contribution in [0.3, 0.4) is 0 Å². The van der Waals surface area contributed by atoms with Crippen molar-refractivity contribution in [3.05, 3.63) is 23.9 Å². The maximum Gasteiger partial charge on any atom is 0.324 e. The summed E-state index contributed by atoms with van der Waals surface area (Å²) in [6.45, 7) is 8.68. The van der Waals surface area contributed by atoms with Crippen LogP contribution in [-0.2, 0) is 34.1 Å². The van der Waals surface area contributed by atoms with E-state index >= 15 is 0 Å². The summed E-state index contributed by atoms with van der Waals surface area (Å²) in [6.07, 6.45) is 2.70. The Bertz CT molecular complexity index is 896. The van der Waals surface area contributed by atoms with Crippen molar-refractivity contribution < 1.29 is 33.6 Å². The van der Waals surface area contributed by atoms with Crippen molar-refractivity contribution in [2.75, 3.05) is 11.5 Å². The van der Waals surface area contributed by atoms with Gasteiger partial charge in [-0.25, -0.2) is 0 Å². The van der Waals surface area contributed by atoms with Crippen molar-refractivity contribution in [2.24, 2.45) is 11.8 Å². The predicted molar refractivity (Wildman–Crippen MR) is 144 cm³/mol. The van der Waals surface area contributed by atoms with Gasteiger partial charge in [0, 0.05) is 6.42 Å². The summed E-state index contributed by atoms with van der Waals surface area (Å²) in [4.78, 5) is 52.4. The van der Waals surface area contributed by atoms with Crippen LogP contribution in [0.4, 0.5) is 0 Å². The van der Waals surface area contributed by atoms with E-state index in [2.05, 4.69) is 21.3 Å². The molecule has 0 aromatic carbocycles. The molecule has 0 aliphatic carbocycles. The number of rotatable bonds is 2. The average Bonchev–Trinajstić information content (AvgIpc) is 2.82. The normalized spacial score (nSPS) is 33.4. The summed E-state index contributed by atoms with van der Waals surface area (Å²) >= 11 is 0. The first-order valence-electron chi connectivity index (χ1n) is 12.3. The molecule has 37 heavy (non-hydrogen) atoms. The number of esters is 1. The third-order valence-electron chi connectivity index (χ3n) is 5.86. The Labute approximate surface area is 224 Å². The van der Waals surface area contributed by atoms with E-state index in [0.717, 1.165) is 10.8 Å². The van der Waals surface area contributed by atoms with E-state index < -0.39 is 64.4 Å². The van der Waals surface area contributed by atoms with Gasteiger partial charge >= 0.3 is 5.97 Å². The van der Waals surface area contributed by atoms with Gasteiger partial charge < -0.3 is 25.8 Å². The van der Waals surface area contributed by atoms with Crippen LogP contribution in [0.25, 0.3) is 0 Å². The van der Waals surface area contributed by atoms with Gasteiger partial charge in [-0.3, -0.25) is 24.5 Å². The zero-order valence-corrected chi connectivity index (χ0v) is 23.5. The predicted octanol–water partition coefficient (Wildman–Crippen LogP) is 0.580. The molecular formula is C24H39N4O7S2+. The molecule has 6 atom stereocenters. The maximum absolute atomic E-state index is 13.2. The molecule has 1 fully saturated rings. The summed E-state index contributed by atoms with van der Waals surface area (Å²) in [5.41, 5.74) is 0.0947. The van der Waals surface area contributed by atoms with Gasteiger partial charge in [-0.1, -0.05) is 39.8 Å². The van der Waals surface area contributed by atoms with Gasteiger partial charge in [0.1, 0.15) is 41.3 Å². The first-order chi connectivity index (χ1) is 17.4. The van der Waals surface area contributed by atoms with Gasteiger partial charge in [0.15, 0.2) is 5.75 Å². The van der Waals surface area contributed by atoms with Crippen LogP contribution < -0.4 is 21.3 Å². The Morgan fingerprint density at radius 2 is 1.76 bits per heavy atom. The number of fused-ring (bicyclic) bond motifs is 7. The van der Waals surface area contributed by atoms with Crippen LogP contribution >= 0.6 is 10.8 Å². The maximum atomic E-state index is 13.2. The molecule has 0 aromatic heterocycles. The molecule has 3 amide bonds. The first kappa shape index (κ1) is 31.2. The lowest BCUT2D eigenvalue weighted by Crippen LogP contribution is -2.57. The summed E-state index contributed by atoms with van der Waals surface area (Å²) in [6, 6.07) is -2.95. The lowest BCUT2D eigenvalue weighted by atomic mass is 10.0. The average molecular weight is 560 g/mol. The van der Waals surface area contributed by atoms with Crippen LogP contribution in [0.2, 0.25) is 0 Å². The quantitative estimate of drug-likeness (QED) is 0.123. The molecular weight excluding hydrogens is 520 g/mol. The lowest BCUT2D eigenvalue weighted by molar-refractivity contribution is -0.153. The molecule has 13 heteroatoms. The third-order valence-corrected chi connectivity index (χ3v) is 8.92. The van der Waals surface area contributed by atoms with Crippen molar-refractivity contribution in [1.29, 1.82) is 0 Å². The van der Waals surface area contributed by atoms with Crippen LogP contribution in [0.1, 0.15) is 47.5 Å². The highest BCUT2D eigenvalue weighted by molar-refractivity contribution is 8.72. The smallest absolute Gasteiger partial charge is 0.324 e. The fraction of sp³-hybridized carbons (Fsp3) is 0.667. The Morgan fingerprint density at radius 1 is 1.08 bits per heavy atom. The largest absolute Gasteiger partial charge is 0.456 e. The van der Waals surface area contributed by atoms with Gasteiger partial charge in [0.25, 0.3) is 0 Å². The zero-order chi connectivity index (χ0) is 27.7. The van der Waals surface area contributed by atoms with E-state index in [1.807, 2.05) is 0 Å². The van der Waals surface area contributed by atoms with Crippen molar-refractivity contribution in [3.8, 4) is 0 Å². The molecule has 208 valence electrons. The van der Waals surface area contributed by atoms with E-state index in [-0.39, 0.29) is 29.7 Å².